The Kier molecular flexibility index (Phi) is 2.93. The molecule has 0 amide bonds. The van der Waals surface area contributed by atoms with Gasteiger partial charge in [0.1, 0.15) is 11.6 Å². The van der Waals surface area contributed by atoms with E-state index in [2.05, 4.69) is 0 Å². The van der Waals surface area contributed by atoms with Gasteiger partial charge >= 0.3 is 0 Å². The van der Waals surface area contributed by atoms with E-state index in [1.807, 2.05) is 0 Å². The SMILES string of the molecule is O=Cc1c(F)cc(CC2CC(F)(F)C2)cc1F. The number of aldehydes is 1. The first-order valence-corrected chi connectivity index (χ1v) is 5.22. The van der Waals surface area contributed by atoms with Gasteiger partial charge in [0, 0.05) is 12.8 Å². The molecule has 17 heavy (non-hydrogen) atoms. The van der Waals surface area contributed by atoms with Crippen molar-refractivity contribution in [3.05, 3.63) is 34.9 Å². The second-order valence-corrected chi connectivity index (χ2v) is 4.43. The minimum atomic E-state index is -2.63. The molecule has 0 saturated heterocycles. The van der Waals surface area contributed by atoms with Gasteiger partial charge in [-0.2, -0.15) is 0 Å². The summed E-state index contributed by atoms with van der Waals surface area (Å²) in [4.78, 5) is 10.4. The maximum absolute atomic E-state index is 13.2. The number of rotatable bonds is 3. The van der Waals surface area contributed by atoms with E-state index in [0.29, 0.717) is 5.56 Å². The average Bonchev–Trinajstić information content (AvgIpc) is 2.14. The van der Waals surface area contributed by atoms with Crippen molar-refractivity contribution in [1.82, 2.24) is 0 Å². The average molecular weight is 246 g/mol. The van der Waals surface area contributed by atoms with E-state index in [1.165, 1.54) is 0 Å². The molecular weight excluding hydrogens is 236 g/mol. The van der Waals surface area contributed by atoms with Crippen molar-refractivity contribution in [2.45, 2.75) is 25.2 Å². The molecule has 92 valence electrons. The van der Waals surface area contributed by atoms with Gasteiger partial charge in [-0.25, -0.2) is 17.6 Å². The minimum absolute atomic E-state index is 0.103. The van der Waals surface area contributed by atoms with Gasteiger partial charge in [0.25, 0.3) is 0 Å². The fraction of sp³-hybridized carbons (Fsp3) is 0.417. The summed E-state index contributed by atoms with van der Waals surface area (Å²) in [5.74, 6) is -4.77. The standard InChI is InChI=1S/C12H10F4O/c13-10-2-7(3-11(14)9(10)6-17)1-8-4-12(15,16)5-8/h2-3,6,8H,1,4-5H2. The highest BCUT2D eigenvalue weighted by atomic mass is 19.3. The molecule has 0 spiro atoms. The van der Waals surface area contributed by atoms with Crippen LogP contribution in [0.2, 0.25) is 0 Å². The van der Waals surface area contributed by atoms with Crippen LogP contribution in [0.5, 0.6) is 0 Å². The third-order valence-corrected chi connectivity index (χ3v) is 2.96. The topological polar surface area (TPSA) is 17.1 Å². The van der Waals surface area contributed by atoms with Gasteiger partial charge in [-0.15, -0.1) is 0 Å². The monoisotopic (exact) mass is 246 g/mol. The largest absolute Gasteiger partial charge is 0.298 e. The van der Waals surface area contributed by atoms with Crippen LogP contribution in [0, 0.1) is 17.6 Å². The van der Waals surface area contributed by atoms with Crippen LogP contribution in [0.4, 0.5) is 17.6 Å². The number of hydrogen-bond acceptors (Lipinski definition) is 1. The Hall–Kier alpha value is -1.39. The first-order chi connectivity index (χ1) is 7.91. The summed E-state index contributed by atoms with van der Waals surface area (Å²) >= 11 is 0. The summed E-state index contributed by atoms with van der Waals surface area (Å²) < 4.78 is 51.6. The van der Waals surface area contributed by atoms with Gasteiger partial charge in [-0.1, -0.05) is 0 Å². The van der Waals surface area contributed by atoms with Crippen LogP contribution in [0.15, 0.2) is 12.1 Å². The van der Waals surface area contributed by atoms with Gasteiger partial charge in [-0.05, 0) is 30.0 Å². The number of carbonyl (C=O) groups is 1. The molecule has 2 rings (SSSR count). The van der Waals surface area contributed by atoms with E-state index in [-0.39, 0.29) is 31.5 Å². The molecule has 1 aromatic carbocycles. The second kappa shape index (κ2) is 4.13. The predicted molar refractivity (Wildman–Crippen MR) is 53.1 cm³/mol. The zero-order valence-electron chi connectivity index (χ0n) is 8.85. The van der Waals surface area contributed by atoms with E-state index < -0.39 is 23.1 Å². The summed E-state index contributed by atoms with van der Waals surface area (Å²) in [6.45, 7) is 0. The molecule has 0 aromatic heterocycles. The van der Waals surface area contributed by atoms with Crippen molar-refractivity contribution in [2.75, 3.05) is 0 Å². The number of carbonyl (C=O) groups excluding carboxylic acids is 1. The molecule has 0 unspecified atom stereocenters. The quantitative estimate of drug-likeness (QED) is 0.590. The first-order valence-electron chi connectivity index (χ1n) is 5.22. The zero-order chi connectivity index (χ0) is 12.6. The predicted octanol–water partition coefficient (Wildman–Crippen LogP) is 3.37. The maximum atomic E-state index is 13.2. The van der Waals surface area contributed by atoms with Gasteiger partial charge in [0.05, 0.1) is 5.56 Å². The van der Waals surface area contributed by atoms with Crippen LogP contribution < -0.4 is 0 Å². The van der Waals surface area contributed by atoms with Crippen molar-refractivity contribution in [2.24, 2.45) is 5.92 Å². The van der Waals surface area contributed by atoms with Crippen molar-refractivity contribution in [1.29, 1.82) is 0 Å². The summed E-state index contributed by atoms with van der Waals surface area (Å²) in [6, 6.07) is 2.06. The Labute approximate surface area is 95.4 Å². The summed E-state index contributed by atoms with van der Waals surface area (Å²) in [7, 11) is 0. The summed E-state index contributed by atoms with van der Waals surface area (Å²) in [6.07, 6.45) is -0.175. The molecule has 0 radical (unpaired) electrons. The maximum Gasteiger partial charge on any atom is 0.248 e. The molecule has 1 saturated carbocycles. The molecule has 5 heteroatoms. The van der Waals surface area contributed by atoms with Gasteiger partial charge in [-0.3, -0.25) is 4.79 Å². The van der Waals surface area contributed by atoms with E-state index in [9.17, 15) is 22.4 Å². The van der Waals surface area contributed by atoms with Crippen LogP contribution in [0.25, 0.3) is 0 Å². The molecule has 1 fully saturated rings. The Morgan fingerprint density at radius 1 is 1.24 bits per heavy atom. The Morgan fingerprint density at radius 2 is 1.76 bits per heavy atom. The highest BCUT2D eigenvalue weighted by Crippen LogP contribution is 2.43. The highest BCUT2D eigenvalue weighted by Gasteiger charge is 2.44. The van der Waals surface area contributed by atoms with Gasteiger partial charge in [0.15, 0.2) is 6.29 Å². The fourth-order valence-electron chi connectivity index (χ4n) is 2.13. The minimum Gasteiger partial charge on any atom is -0.298 e. The van der Waals surface area contributed by atoms with Crippen LogP contribution in [0.3, 0.4) is 0 Å². The van der Waals surface area contributed by atoms with Crippen LogP contribution >= 0.6 is 0 Å². The lowest BCUT2D eigenvalue weighted by atomic mass is 9.77. The highest BCUT2D eigenvalue weighted by molar-refractivity contribution is 5.75. The van der Waals surface area contributed by atoms with Crippen molar-refractivity contribution in [3.63, 3.8) is 0 Å². The van der Waals surface area contributed by atoms with Gasteiger partial charge in [0.2, 0.25) is 5.92 Å². The molecule has 1 aliphatic rings. The zero-order valence-corrected chi connectivity index (χ0v) is 8.85. The molecule has 1 nitrogen and oxygen atoms in total. The normalized spacial score (nSPS) is 18.8. The number of hydrogen-bond donors (Lipinski definition) is 0. The van der Waals surface area contributed by atoms with Crippen molar-refractivity contribution >= 4 is 6.29 Å². The number of benzene rings is 1. The smallest absolute Gasteiger partial charge is 0.248 e. The number of halogens is 4. The Bertz CT molecular complexity index is 425. The molecular formula is C12H10F4O. The molecule has 0 heterocycles. The molecule has 0 N–H and O–H groups in total. The van der Waals surface area contributed by atoms with Crippen molar-refractivity contribution in [3.8, 4) is 0 Å². The molecule has 0 aliphatic heterocycles. The van der Waals surface area contributed by atoms with E-state index in [1.54, 1.807) is 0 Å². The Balaban J connectivity index is 2.10. The van der Waals surface area contributed by atoms with Gasteiger partial charge < -0.3 is 0 Å². The Morgan fingerprint density at radius 3 is 2.18 bits per heavy atom. The lowest BCUT2D eigenvalue weighted by molar-refractivity contribution is -0.109. The van der Waals surface area contributed by atoms with E-state index in [4.69, 9.17) is 0 Å². The van der Waals surface area contributed by atoms with Crippen LogP contribution in [-0.4, -0.2) is 12.2 Å². The third-order valence-electron chi connectivity index (χ3n) is 2.96. The lowest BCUT2D eigenvalue weighted by Crippen LogP contribution is -2.36. The summed E-state index contributed by atoms with van der Waals surface area (Å²) in [5, 5.41) is 0. The summed E-state index contributed by atoms with van der Waals surface area (Å²) in [5.41, 5.74) is -0.307. The van der Waals surface area contributed by atoms with Crippen molar-refractivity contribution < 1.29 is 22.4 Å². The third kappa shape index (κ3) is 2.48. The van der Waals surface area contributed by atoms with Crippen LogP contribution in [-0.2, 0) is 6.42 Å². The first kappa shape index (κ1) is 12.1. The molecule has 0 bridgehead atoms. The van der Waals surface area contributed by atoms with Crippen LogP contribution in [0.1, 0.15) is 28.8 Å². The molecule has 0 atom stereocenters. The number of alkyl halides is 2. The second-order valence-electron chi connectivity index (χ2n) is 4.43. The van der Waals surface area contributed by atoms with E-state index in [0.717, 1.165) is 12.1 Å². The molecule has 1 aromatic rings. The molecule has 1 aliphatic carbocycles. The fourth-order valence-corrected chi connectivity index (χ4v) is 2.13. The lowest BCUT2D eigenvalue weighted by Gasteiger charge is -2.35. The van der Waals surface area contributed by atoms with E-state index >= 15 is 0 Å².